The van der Waals surface area contributed by atoms with Gasteiger partial charge in [-0.25, -0.2) is 0 Å². The molecular weight excluding hydrogens is 368 g/mol. The Labute approximate surface area is 175 Å². The average molecular weight is 407 g/mol. The first-order valence-corrected chi connectivity index (χ1v) is 10.8. The SMILES string of the molecule is C=C(C)C(CC[C@](C)(O)[C@H]1CC[C@]2(C)C[C@H](OC(C)=O)C(=C)CC[C@@H]12)OC(C)=O. The van der Waals surface area contributed by atoms with Crippen molar-refractivity contribution in [1.82, 2.24) is 0 Å². The van der Waals surface area contributed by atoms with Gasteiger partial charge in [-0.1, -0.05) is 20.1 Å². The van der Waals surface area contributed by atoms with Crippen LogP contribution in [0.15, 0.2) is 24.3 Å². The fraction of sp³-hybridized carbons (Fsp3) is 0.750. The highest BCUT2D eigenvalue weighted by Gasteiger charge is 2.53. The summed E-state index contributed by atoms with van der Waals surface area (Å²) < 4.78 is 10.9. The maximum absolute atomic E-state index is 11.5. The number of ether oxygens (including phenoxy) is 2. The molecule has 1 unspecified atom stereocenters. The van der Waals surface area contributed by atoms with E-state index in [9.17, 15) is 14.7 Å². The van der Waals surface area contributed by atoms with E-state index in [-0.39, 0.29) is 35.5 Å². The van der Waals surface area contributed by atoms with Crippen LogP contribution < -0.4 is 0 Å². The Bertz CT molecular complexity index is 664. The lowest BCUT2D eigenvalue weighted by Gasteiger charge is -2.40. The predicted octanol–water partition coefficient (Wildman–Crippen LogP) is 4.73. The maximum Gasteiger partial charge on any atom is 0.303 e. The summed E-state index contributed by atoms with van der Waals surface area (Å²) in [5.74, 6) is -0.104. The van der Waals surface area contributed by atoms with E-state index < -0.39 is 5.60 Å². The Morgan fingerprint density at radius 1 is 1.28 bits per heavy atom. The van der Waals surface area contributed by atoms with Crippen LogP contribution in [0.3, 0.4) is 0 Å². The van der Waals surface area contributed by atoms with E-state index in [2.05, 4.69) is 20.1 Å². The van der Waals surface area contributed by atoms with Crippen LogP contribution in [-0.4, -0.2) is 34.9 Å². The van der Waals surface area contributed by atoms with Gasteiger partial charge in [0.2, 0.25) is 0 Å². The second-order valence-electron chi connectivity index (χ2n) is 9.75. The maximum atomic E-state index is 11.5. The monoisotopic (exact) mass is 406 g/mol. The van der Waals surface area contributed by atoms with E-state index in [4.69, 9.17) is 9.47 Å². The largest absolute Gasteiger partial charge is 0.458 e. The number of esters is 2. The lowest BCUT2D eigenvalue weighted by atomic mass is 9.68. The molecule has 0 aliphatic heterocycles. The van der Waals surface area contributed by atoms with Gasteiger partial charge >= 0.3 is 11.9 Å². The minimum atomic E-state index is -0.862. The third kappa shape index (κ3) is 5.71. The third-order valence-corrected chi connectivity index (χ3v) is 7.17. The predicted molar refractivity (Wildman–Crippen MR) is 113 cm³/mol. The summed E-state index contributed by atoms with van der Waals surface area (Å²) in [5.41, 5.74) is 0.921. The molecule has 2 saturated carbocycles. The second-order valence-corrected chi connectivity index (χ2v) is 9.75. The minimum Gasteiger partial charge on any atom is -0.458 e. The van der Waals surface area contributed by atoms with Gasteiger partial charge in [-0.05, 0) is 87.2 Å². The van der Waals surface area contributed by atoms with Crippen molar-refractivity contribution in [2.45, 2.75) is 97.4 Å². The van der Waals surface area contributed by atoms with Gasteiger partial charge in [0, 0.05) is 13.8 Å². The highest BCUT2D eigenvalue weighted by molar-refractivity contribution is 5.66. The molecule has 0 aromatic rings. The van der Waals surface area contributed by atoms with Crippen LogP contribution in [0.25, 0.3) is 0 Å². The van der Waals surface area contributed by atoms with Crippen molar-refractivity contribution in [3.05, 3.63) is 24.3 Å². The number of fused-ring (bicyclic) bond motifs is 1. The third-order valence-electron chi connectivity index (χ3n) is 7.17. The average Bonchev–Trinajstić information content (AvgIpc) is 2.86. The Hall–Kier alpha value is -1.62. The van der Waals surface area contributed by atoms with E-state index in [1.54, 1.807) is 0 Å². The molecule has 0 amide bonds. The quantitative estimate of drug-likeness (QED) is 0.489. The summed E-state index contributed by atoms with van der Waals surface area (Å²) >= 11 is 0. The molecule has 0 aromatic carbocycles. The summed E-state index contributed by atoms with van der Waals surface area (Å²) in [4.78, 5) is 22.9. The van der Waals surface area contributed by atoms with E-state index in [1.165, 1.54) is 13.8 Å². The van der Waals surface area contributed by atoms with Crippen molar-refractivity contribution in [3.8, 4) is 0 Å². The fourth-order valence-corrected chi connectivity index (χ4v) is 5.52. The molecule has 29 heavy (non-hydrogen) atoms. The van der Waals surface area contributed by atoms with E-state index >= 15 is 0 Å². The van der Waals surface area contributed by atoms with Crippen LogP contribution in [0, 0.1) is 17.3 Å². The molecule has 164 valence electrons. The zero-order chi connectivity index (χ0) is 22.0. The fourth-order valence-electron chi connectivity index (χ4n) is 5.52. The molecule has 2 rings (SSSR count). The molecule has 0 spiro atoms. The number of carbonyl (C=O) groups is 2. The molecule has 5 heteroatoms. The molecule has 2 aliphatic rings. The topological polar surface area (TPSA) is 72.8 Å². The molecule has 0 saturated heterocycles. The zero-order valence-electron chi connectivity index (χ0n) is 18.8. The molecule has 0 aromatic heterocycles. The van der Waals surface area contributed by atoms with Gasteiger partial charge in [0.05, 0.1) is 5.60 Å². The number of hydrogen-bond donors (Lipinski definition) is 1. The smallest absolute Gasteiger partial charge is 0.303 e. The van der Waals surface area contributed by atoms with Crippen molar-refractivity contribution in [1.29, 1.82) is 0 Å². The lowest BCUT2D eigenvalue weighted by molar-refractivity contribution is -0.146. The molecule has 2 fully saturated rings. The molecule has 0 heterocycles. The van der Waals surface area contributed by atoms with Crippen LogP contribution in [-0.2, 0) is 19.1 Å². The standard InChI is InChI=1S/C24H38O5/c1-15(2)21(28-17(4)25)11-13-24(7,27)20-10-12-23(6)14-22(29-18(5)26)16(3)8-9-19(20)23/h19-22,27H,1,3,8-14H2,2,4-7H3/t19-,20-,21?,22-,23+,24-/m0/s1. The van der Waals surface area contributed by atoms with Crippen LogP contribution >= 0.6 is 0 Å². The molecular formula is C24H38O5. The van der Waals surface area contributed by atoms with Gasteiger partial charge in [-0.3, -0.25) is 9.59 Å². The highest BCUT2D eigenvalue weighted by Crippen LogP contribution is 2.58. The Kier molecular flexibility index (Phi) is 7.37. The van der Waals surface area contributed by atoms with E-state index in [1.807, 2.05) is 13.8 Å². The number of rotatable bonds is 7. The first-order valence-electron chi connectivity index (χ1n) is 10.8. The van der Waals surface area contributed by atoms with Crippen LogP contribution in [0.2, 0.25) is 0 Å². The van der Waals surface area contributed by atoms with Crippen LogP contribution in [0.1, 0.15) is 79.6 Å². The van der Waals surface area contributed by atoms with Crippen molar-refractivity contribution in [2.75, 3.05) is 0 Å². The normalized spacial score (nSPS) is 32.5. The van der Waals surface area contributed by atoms with Crippen molar-refractivity contribution >= 4 is 11.9 Å². The molecule has 6 atom stereocenters. The van der Waals surface area contributed by atoms with Gasteiger partial charge in [0.25, 0.3) is 0 Å². The van der Waals surface area contributed by atoms with Crippen molar-refractivity contribution < 1.29 is 24.2 Å². The number of aliphatic hydroxyl groups is 1. The molecule has 0 bridgehead atoms. The molecule has 2 aliphatic carbocycles. The van der Waals surface area contributed by atoms with Crippen molar-refractivity contribution in [3.63, 3.8) is 0 Å². The minimum absolute atomic E-state index is 0.0118. The van der Waals surface area contributed by atoms with E-state index in [0.29, 0.717) is 18.8 Å². The van der Waals surface area contributed by atoms with Crippen molar-refractivity contribution in [2.24, 2.45) is 17.3 Å². The Morgan fingerprint density at radius 3 is 2.48 bits per heavy atom. The zero-order valence-corrected chi connectivity index (χ0v) is 18.8. The summed E-state index contributed by atoms with van der Waals surface area (Å²) in [6.07, 6.45) is 4.97. The first-order chi connectivity index (χ1) is 13.4. The molecule has 5 nitrogen and oxygen atoms in total. The van der Waals surface area contributed by atoms with Gasteiger partial charge in [-0.15, -0.1) is 0 Å². The summed E-state index contributed by atoms with van der Waals surface area (Å²) in [5, 5.41) is 11.4. The summed E-state index contributed by atoms with van der Waals surface area (Å²) in [6.45, 7) is 17.0. The number of hydrogen-bond acceptors (Lipinski definition) is 5. The van der Waals surface area contributed by atoms with Crippen LogP contribution in [0.4, 0.5) is 0 Å². The lowest BCUT2D eigenvalue weighted by Crippen LogP contribution is -2.41. The Morgan fingerprint density at radius 2 is 1.93 bits per heavy atom. The van der Waals surface area contributed by atoms with Gasteiger partial charge in [0.15, 0.2) is 0 Å². The highest BCUT2D eigenvalue weighted by atomic mass is 16.5. The van der Waals surface area contributed by atoms with Crippen LogP contribution in [0.5, 0.6) is 0 Å². The first kappa shape index (κ1) is 23.7. The summed E-state index contributed by atoms with van der Waals surface area (Å²) in [7, 11) is 0. The molecule has 1 N–H and O–H groups in total. The summed E-state index contributed by atoms with van der Waals surface area (Å²) in [6, 6.07) is 0. The van der Waals surface area contributed by atoms with Gasteiger partial charge < -0.3 is 14.6 Å². The molecule has 0 radical (unpaired) electrons. The second kappa shape index (κ2) is 9.03. The Balaban J connectivity index is 2.12. The van der Waals surface area contributed by atoms with Gasteiger partial charge in [-0.2, -0.15) is 0 Å². The number of carbonyl (C=O) groups excluding carboxylic acids is 2. The van der Waals surface area contributed by atoms with E-state index in [0.717, 1.165) is 43.3 Å². The van der Waals surface area contributed by atoms with Gasteiger partial charge in [0.1, 0.15) is 12.2 Å².